The molecule has 0 fully saturated rings. The highest BCUT2D eigenvalue weighted by atomic mass is 14.7. The minimum absolute atomic E-state index is 0.0842. The number of aryl methyl sites for hydroxylation is 1. The molecule has 0 aliphatic carbocycles. The Labute approximate surface area is 115 Å². The maximum atomic E-state index is 6.19. The first-order valence-corrected chi connectivity index (χ1v) is 6.68. The molecule has 0 saturated heterocycles. The van der Waals surface area contributed by atoms with E-state index in [1.54, 1.807) is 6.20 Å². The molecule has 3 heteroatoms. The summed E-state index contributed by atoms with van der Waals surface area (Å²) in [5.74, 6) is 0. The minimum Gasteiger partial charge on any atom is -0.398 e. The number of nitrogen functional groups attached to an aromatic ring is 1. The molecule has 0 bridgehead atoms. The Bertz CT molecular complexity index is 495. The predicted octanol–water partition coefficient (Wildman–Crippen LogP) is 3.24. The van der Waals surface area contributed by atoms with Crippen LogP contribution in [0.5, 0.6) is 0 Å². The first-order chi connectivity index (χ1) is 9.18. The van der Waals surface area contributed by atoms with Gasteiger partial charge in [-0.15, -0.1) is 0 Å². The SMILES string of the molecule is CC.Cc1cccc(C(N)Cc2cccnc2)c1N. The fourth-order valence-corrected chi connectivity index (χ4v) is 1.91. The number of nitrogens with zero attached hydrogens (tertiary/aromatic N) is 1. The number of para-hydroxylation sites is 1. The van der Waals surface area contributed by atoms with Crippen LogP contribution in [-0.2, 0) is 6.42 Å². The summed E-state index contributed by atoms with van der Waals surface area (Å²) in [7, 11) is 0. The molecule has 102 valence electrons. The van der Waals surface area contributed by atoms with Gasteiger partial charge in [0.25, 0.3) is 0 Å². The molecule has 0 aliphatic rings. The van der Waals surface area contributed by atoms with Crippen molar-refractivity contribution in [3.63, 3.8) is 0 Å². The van der Waals surface area contributed by atoms with Gasteiger partial charge >= 0.3 is 0 Å². The molecule has 1 aromatic heterocycles. The Morgan fingerprint density at radius 1 is 1.16 bits per heavy atom. The Kier molecular flexibility index (Phi) is 6.03. The van der Waals surface area contributed by atoms with Gasteiger partial charge in [-0.05, 0) is 36.1 Å². The predicted molar refractivity (Wildman–Crippen MR) is 81.8 cm³/mol. The van der Waals surface area contributed by atoms with Crippen LogP contribution in [0.15, 0.2) is 42.7 Å². The largest absolute Gasteiger partial charge is 0.398 e. The molecule has 0 saturated carbocycles. The Morgan fingerprint density at radius 2 is 1.89 bits per heavy atom. The topological polar surface area (TPSA) is 64.9 Å². The molecule has 0 amide bonds. The number of anilines is 1. The van der Waals surface area contributed by atoms with Gasteiger partial charge in [0, 0.05) is 24.1 Å². The van der Waals surface area contributed by atoms with Gasteiger partial charge in [-0.3, -0.25) is 4.98 Å². The maximum absolute atomic E-state index is 6.19. The van der Waals surface area contributed by atoms with E-state index >= 15 is 0 Å². The first kappa shape index (κ1) is 15.2. The summed E-state index contributed by atoms with van der Waals surface area (Å²) in [5.41, 5.74) is 16.2. The number of benzene rings is 1. The zero-order chi connectivity index (χ0) is 14.3. The Balaban J connectivity index is 0.000000861. The van der Waals surface area contributed by atoms with Gasteiger partial charge in [0.05, 0.1) is 0 Å². The van der Waals surface area contributed by atoms with Crippen molar-refractivity contribution in [1.82, 2.24) is 4.98 Å². The number of rotatable bonds is 3. The summed E-state index contributed by atoms with van der Waals surface area (Å²) < 4.78 is 0. The molecule has 0 radical (unpaired) electrons. The quantitative estimate of drug-likeness (QED) is 0.830. The summed E-state index contributed by atoms with van der Waals surface area (Å²) >= 11 is 0. The highest BCUT2D eigenvalue weighted by Gasteiger charge is 2.11. The van der Waals surface area contributed by atoms with Gasteiger partial charge in [-0.25, -0.2) is 0 Å². The van der Waals surface area contributed by atoms with Gasteiger partial charge in [0.2, 0.25) is 0 Å². The number of aromatic nitrogens is 1. The van der Waals surface area contributed by atoms with E-state index in [9.17, 15) is 0 Å². The van der Waals surface area contributed by atoms with E-state index in [-0.39, 0.29) is 6.04 Å². The van der Waals surface area contributed by atoms with Crippen molar-refractivity contribution < 1.29 is 0 Å². The Morgan fingerprint density at radius 3 is 2.53 bits per heavy atom. The molecule has 3 nitrogen and oxygen atoms in total. The van der Waals surface area contributed by atoms with Gasteiger partial charge in [0.1, 0.15) is 0 Å². The number of nitrogens with two attached hydrogens (primary N) is 2. The molecule has 4 N–H and O–H groups in total. The fraction of sp³-hybridized carbons (Fsp3) is 0.312. The second kappa shape index (κ2) is 7.54. The third kappa shape index (κ3) is 4.07. The molecule has 0 aliphatic heterocycles. The number of hydrogen-bond acceptors (Lipinski definition) is 3. The van der Waals surface area contributed by atoms with Crippen LogP contribution < -0.4 is 11.5 Å². The number of hydrogen-bond donors (Lipinski definition) is 2. The molecule has 1 aromatic carbocycles. The monoisotopic (exact) mass is 257 g/mol. The minimum atomic E-state index is -0.0842. The smallest absolute Gasteiger partial charge is 0.0392 e. The number of pyridine rings is 1. The van der Waals surface area contributed by atoms with Crippen LogP contribution in [0.1, 0.15) is 36.6 Å². The van der Waals surface area contributed by atoms with E-state index in [1.165, 1.54) is 0 Å². The lowest BCUT2D eigenvalue weighted by Crippen LogP contribution is -2.15. The van der Waals surface area contributed by atoms with E-state index in [1.807, 2.05) is 57.3 Å². The van der Waals surface area contributed by atoms with Crippen molar-refractivity contribution in [3.05, 3.63) is 59.4 Å². The van der Waals surface area contributed by atoms with Crippen LogP contribution in [-0.4, -0.2) is 4.98 Å². The van der Waals surface area contributed by atoms with E-state index in [0.717, 1.165) is 28.8 Å². The van der Waals surface area contributed by atoms with Crippen LogP contribution in [0.25, 0.3) is 0 Å². The molecular formula is C16H23N3. The van der Waals surface area contributed by atoms with E-state index in [0.29, 0.717) is 0 Å². The lowest BCUT2D eigenvalue weighted by Gasteiger charge is -2.15. The molecule has 2 aromatic rings. The summed E-state index contributed by atoms with van der Waals surface area (Å²) in [4.78, 5) is 4.08. The average molecular weight is 257 g/mol. The standard InChI is InChI=1S/C14H17N3.C2H6/c1-10-4-2-6-12(14(10)16)13(15)8-11-5-3-7-17-9-11;1-2/h2-7,9,13H,8,15-16H2,1H3;1-2H3. The van der Waals surface area contributed by atoms with Crippen molar-refractivity contribution in [3.8, 4) is 0 Å². The zero-order valence-corrected chi connectivity index (χ0v) is 11.9. The summed E-state index contributed by atoms with van der Waals surface area (Å²) in [6.07, 6.45) is 4.35. The molecule has 1 atom stereocenters. The van der Waals surface area contributed by atoms with E-state index < -0.39 is 0 Å². The third-order valence-electron chi connectivity index (χ3n) is 2.94. The van der Waals surface area contributed by atoms with Crippen LogP contribution in [0.2, 0.25) is 0 Å². The van der Waals surface area contributed by atoms with Crippen LogP contribution in [0, 0.1) is 6.92 Å². The Hall–Kier alpha value is -1.87. The normalized spacial score (nSPS) is 11.4. The molecule has 19 heavy (non-hydrogen) atoms. The van der Waals surface area contributed by atoms with Gasteiger partial charge in [-0.2, -0.15) is 0 Å². The highest BCUT2D eigenvalue weighted by molar-refractivity contribution is 5.54. The van der Waals surface area contributed by atoms with Crippen molar-refractivity contribution in [1.29, 1.82) is 0 Å². The molecule has 0 spiro atoms. The average Bonchev–Trinajstić information content (AvgIpc) is 2.45. The zero-order valence-electron chi connectivity index (χ0n) is 11.9. The third-order valence-corrected chi connectivity index (χ3v) is 2.94. The van der Waals surface area contributed by atoms with Crippen molar-refractivity contribution >= 4 is 5.69 Å². The summed E-state index contributed by atoms with van der Waals surface area (Å²) in [5, 5.41) is 0. The maximum Gasteiger partial charge on any atom is 0.0392 e. The van der Waals surface area contributed by atoms with Crippen LogP contribution in [0.3, 0.4) is 0 Å². The molecular weight excluding hydrogens is 234 g/mol. The van der Waals surface area contributed by atoms with Crippen LogP contribution >= 0.6 is 0 Å². The van der Waals surface area contributed by atoms with Gasteiger partial charge < -0.3 is 11.5 Å². The summed E-state index contributed by atoms with van der Waals surface area (Å²) in [6.45, 7) is 6.00. The second-order valence-electron chi connectivity index (χ2n) is 4.25. The lowest BCUT2D eigenvalue weighted by molar-refractivity contribution is 0.721. The van der Waals surface area contributed by atoms with Crippen molar-refractivity contribution in [2.45, 2.75) is 33.2 Å². The van der Waals surface area contributed by atoms with Crippen molar-refractivity contribution in [2.24, 2.45) is 5.73 Å². The van der Waals surface area contributed by atoms with Crippen LogP contribution in [0.4, 0.5) is 5.69 Å². The molecule has 1 heterocycles. The summed E-state index contributed by atoms with van der Waals surface area (Å²) in [6, 6.07) is 9.84. The first-order valence-electron chi connectivity index (χ1n) is 6.68. The van der Waals surface area contributed by atoms with Crippen molar-refractivity contribution in [2.75, 3.05) is 5.73 Å². The second-order valence-corrected chi connectivity index (χ2v) is 4.25. The van der Waals surface area contributed by atoms with E-state index in [2.05, 4.69) is 4.98 Å². The van der Waals surface area contributed by atoms with E-state index in [4.69, 9.17) is 11.5 Å². The molecule has 2 rings (SSSR count). The van der Waals surface area contributed by atoms with Gasteiger partial charge in [-0.1, -0.05) is 38.1 Å². The van der Waals surface area contributed by atoms with Gasteiger partial charge in [0.15, 0.2) is 0 Å². The molecule has 1 unspecified atom stereocenters. The lowest BCUT2D eigenvalue weighted by atomic mass is 9.97. The highest BCUT2D eigenvalue weighted by Crippen LogP contribution is 2.24. The fourth-order valence-electron chi connectivity index (χ4n) is 1.91.